The number of esters is 1. The van der Waals surface area contributed by atoms with Crippen LogP contribution in [0.3, 0.4) is 0 Å². The van der Waals surface area contributed by atoms with E-state index < -0.39 is 29.6 Å². The number of likely N-dealkylation sites (tertiary alicyclic amines) is 2. The highest BCUT2D eigenvalue weighted by Gasteiger charge is 2.58. The van der Waals surface area contributed by atoms with Gasteiger partial charge in [0.1, 0.15) is 5.75 Å². The Labute approximate surface area is 233 Å². The lowest BCUT2D eigenvalue weighted by atomic mass is 9.69. The number of rotatable bonds is 6. The van der Waals surface area contributed by atoms with E-state index in [9.17, 15) is 27.2 Å². The van der Waals surface area contributed by atoms with E-state index in [0.29, 0.717) is 54.4 Å². The molecule has 11 heteroatoms. The predicted molar refractivity (Wildman–Crippen MR) is 138 cm³/mol. The highest BCUT2D eigenvalue weighted by Crippen LogP contribution is 2.48. The van der Waals surface area contributed by atoms with Crippen molar-refractivity contribution in [3.05, 3.63) is 94.8 Å². The monoisotopic (exact) mass is 576 g/mol. The van der Waals surface area contributed by atoms with E-state index in [0.717, 1.165) is 0 Å². The van der Waals surface area contributed by atoms with Gasteiger partial charge in [-0.1, -0.05) is 35.9 Å². The molecule has 1 spiro atoms. The van der Waals surface area contributed by atoms with Gasteiger partial charge in [0.25, 0.3) is 5.91 Å². The standard InChI is InChI=1S/C29H25ClF4N2O4/c30-21-9-7-20(8-10-21)25(37)35-14-12-28(13-15-35)18-36(26(28)40-27(38)29(32,33)34)17-19-6-11-23(31)24(16-19)39-22-4-2-1-3-5-22/h1-11,16,26H,12-15,17-18H2. The van der Waals surface area contributed by atoms with Gasteiger partial charge >= 0.3 is 12.1 Å². The molecule has 2 heterocycles. The van der Waals surface area contributed by atoms with Gasteiger partial charge in [0.2, 0.25) is 0 Å². The summed E-state index contributed by atoms with van der Waals surface area (Å²) >= 11 is 5.90. The molecule has 0 aromatic heterocycles. The molecule has 3 aromatic rings. The molecule has 210 valence electrons. The number of benzene rings is 3. The van der Waals surface area contributed by atoms with Gasteiger partial charge in [-0.15, -0.1) is 0 Å². The maximum atomic E-state index is 14.4. The molecule has 0 N–H and O–H groups in total. The summed E-state index contributed by atoms with van der Waals surface area (Å²) in [5, 5.41) is 0.498. The Bertz CT molecular complexity index is 1380. The van der Waals surface area contributed by atoms with Crippen LogP contribution in [0.5, 0.6) is 11.5 Å². The van der Waals surface area contributed by atoms with Gasteiger partial charge in [-0.25, -0.2) is 9.18 Å². The number of hydrogen-bond acceptors (Lipinski definition) is 5. The number of nitrogens with zero attached hydrogens (tertiary/aromatic N) is 2. The highest BCUT2D eigenvalue weighted by atomic mass is 35.5. The quantitative estimate of drug-likeness (QED) is 0.250. The Kier molecular flexibility index (Phi) is 7.74. The van der Waals surface area contributed by atoms with E-state index in [1.807, 2.05) is 0 Å². The van der Waals surface area contributed by atoms with Gasteiger partial charge in [0.05, 0.1) is 0 Å². The van der Waals surface area contributed by atoms with E-state index in [-0.39, 0.29) is 18.2 Å². The first-order valence-corrected chi connectivity index (χ1v) is 13.0. The third kappa shape index (κ3) is 5.93. The van der Waals surface area contributed by atoms with Crippen molar-refractivity contribution in [2.45, 2.75) is 31.8 Å². The number of halogens is 5. The van der Waals surface area contributed by atoms with Crippen LogP contribution in [0.25, 0.3) is 0 Å². The van der Waals surface area contributed by atoms with Gasteiger partial charge in [-0.05, 0) is 66.9 Å². The number of amides is 1. The zero-order valence-corrected chi connectivity index (χ0v) is 21.9. The lowest BCUT2D eigenvalue weighted by molar-refractivity contribution is -0.261. The summed E-state index contributed by atoms with van der Waals surface area (Å²) in [6.07, 6.45) is -5.60. The van der Waals surface area contributed by atoms with Crippen LogP contribution < -0.4 is 4.74 Å². The van der Waals surface area contributed by atoms with Crippen LogP contribution in [0.15, 0.2) is 72.8 Å². The lowest BCUT2D eigenvalue weighted by Gasteiger charge is -2.58. The van der Waals surface area contributed by atoms with Crippen molar-refractivity contribution in [2.24, 2.45) is 5.41 Å². The molecule has 1 unspecified atom stereocenters. The summed E-state index contributed by atoms with van der Waals surface area (Å²) < 4.78 is 64.5. The molecule has 3 aromatic carbocycles. The molecule has 0 bridgehead atoms. The lowest BCUT2D eigenvalue weighted by Crippen LogP contribution is -2.68. The molecule has 6 nitrogen and oxygen atoms in total. The van der Waals surface area contributed by atoms with Crippen LogP contribution in [-0.2, 0) is 16.1 Å². The van der Waals surface area contributed by atoms with Gasteiger partial charge in [0.15, 0.2) is 17.8 Å². The van der Waals surface area contributed by atoms with Crippen molar-refractivity contribution in [3.63, 3.8) is 0 Å². The Morgan fingerprint density at radius 2 is 1.65 bits per heavy atom. The van der Waals surface area contributed by atoms with E-state index in [1.165, 1.54) is 18.2 Å². The molecule has 0 aliphatic carbocycles. The summed E-state index contributed by atoms with van der Waals surface area (Å²) in [6, 6.07) is 19.3. The van der Waals surface area contributed by atoms with E-state index in [1.54, 1.807) is 64.4 Å². The fourth-order valence-corrected chi connectivity index (χ4v) is 5.38. The SMILES string of the molecule is O=C(c1ccc(Cl)cc1)N1CCC2(CC1)CN(Cc1ccc(F)c(Oc3ccccc3)c1)C2OC(=O)C(F)(F)F. The highest BCUT2D eigenvalue weighted by molar-refractivity contribution is 6.30. The van der Waals surface area contributed by atoms with Crippen molar-refractivity contribution in [1.82, 2.24) is 9.80 Å². The Hall–Kier alpha value is -3.63. The molecule has 0 saturated carbocycles. The molecule has 1 amide bonds. The average molecular weight is 577 g/mol. The van der Waals surface area contributed by atoms with Crippen LogP contribution in [0, 0.1) is 11.2 Å². The molecular formula is C29H25ClF4N2O4. The minimum atomic E-state index is -5.15. The third-order valence-corrected chi connectivity index (χ3v) is 7.57. The zero-order chi connectivity index (χ0) is 28.5. The number of alkyl halides is 3. The average Bonchev–Trinajstić information content (AvgIpc) is 2.93. The maximum Gasteiger partial charge on any atom is 0.490 e. The third-order valence-electron chi connectivity index (χ3n) is 7.31. The first-order valence-electron chi connectivity index (χ1n) is 12.6. The topological polar surface area (TPSA) is 59.1 Å². The van der Waals surface area contributed by atoms with Crippen molar-refractivity contribution in [3.8, 4) is 11.5 Å². The van der Waals surface area contributed by atoms with Crippen LogP contribution in [0.4, 0.5) is 17.6 Å². The Morgan fingerprint density at radius 1 is 0.975 bits per heavy atom. The van der Waals surface area contributed by atoms with E-state index in [4.69, 9.17) is 21.1 Å². The van der Waals surface area contributed by atoms with E-state index >= 15 is 0 Å². The first-order chi connectivity index (χ1) is 19.0. The number of ether oxygens (including phenoxy) is 2. The molecular weight excluding hydrogens is 552 g/mol. The van der Waals surface area contributed by atoms with Crippen LogP contribution in [-0.4, -0.2) is 53.7 Å². The number of hydrogen-bond donors (Lipinski definition) is 0. The minimum Gasteiger partial charge on any atom is -0.454 e. The number of carbonyl (C=O) groups excluding carboxylic acids is 2. The normalized spacial score (nSPS) is 18.7. The van der Waals surface area contributed by atoms with Crippen LogP contribution in [0.1, 0.15) is 28.8 Å². The molecule has 5 rings (SSSR count). The Morgan fingerprint density at radius 3 is 2.30 bits per heavy atom. The number of piperidine rings is 1. The summed E-state index contributed by atoms with van der Waals surface area (Å²) in [5.41, 5.74) is 0.284. The number of carbonyl (C=O) groups is 2. The smallest absolute Gasteiger partial charge is 0.454 e. The van der Waals surface area contributed by atoms with Crippen molar-refractivity contribution in [2.75, 3.05) is 19.6 Å². The second kappa shape index (κ2) is 11.1. The first kappa shape index (κ1) is 27.9. The fourth-order valence-electron chi connectivity index (χ4n) is 5.26. The molecule has 2 saturated heterocycles. The molecule has 1 atom stereocenters. The molecule has 40 heavy (non-hydrogen) atoms. The summed E-state index contributed by atoms with van der Waals surface area (Å²) in [4.78, 5) is 28.0. The maximum absolute atomic E-state index is 14.4. The van der Waals surface area contributed by atoms with Crippen molar-refractivity contribution >= 4 is 23.5 Å². The largest absolute Gasteiger partial charge is 0.490 e. The second-order valence-corrected chi connectivity index (χ2v) is 10.4. The summed E-state index contributed by atoms with van der Waals surface area (Å²) in [6.45, 7) is 1.04. The molecule has 2 aliphatic heterocycles. The van der Waals surface area contributed by atoms with Crippen LogP contribution in [0.2, 0.25) is 5.02 Å². The zero-order valence-electron chi connectivity index (χ0n) is 21.2. The molecule has 0 radical (unpaired) electrons. The van der Waals surface area contributed by atoms with Gasteiger partial charge < -0.3 is 14.4 Å². The summed E-state index contributed by atoms with van der Waals surface area (Å²) in [7, 11) is 0. The molecule has 2 fully saturated rings. The van der Waals surface area contributed by atoms with Gasteiger partial charge in [-0.2, -0.15) is 13.2 Å². The number of para-hydroxylation sites is 1. The minimum absolute atomic E-state index is 0.0307. The Balaban J connectivity index is 1.30. The fraction of sp³-hybridized carbons (Fsp3) is 0.310. The summed E-state index contributed by atoms with van der Waals surface area (Å²) in [5.74, 6) is -2.67. The van der Waals surface area contributed by atoms with Gasteiger partial charge in [0, 0.05) is 42.2 Å². The predicted octanol–water partition coefficient (Wildman–Crippen LogP) is 6.44. The van der Waals surface area contributed by atoms with Crippen molar-refractivity contribution < 1.29 is 36.6 Å². The van der Waals surface area contributed by atoms with E-state index in [2.05, 4.69) is 0 Å². The van der Waals surface area contributed by atoms with Gasteiger partial charge in [-0.3, -0.25) is 9.69 Å². The van der Waals surface area contributed by atoms with Crippen LogP contribution >= 0.6 is 11.6 Å². The molecule has 2 aliphatic rings. The van der Waals surface area contributed by atoms with Crippen molar-refractivity contribution in [1.29, 1.82) is 0 Å². The second-order valence-electron chi connectivity index (χ2n) is 10.0.